The van der Waals surface area contributed by atoms with Gasteiger partial charge in [0.25, 0.3) is 0 Å². The van der Waals surface area contributed by atoms with Gasteiger partial charge in [0.15, 0.2) is 11.6 Å². The van der Waals surface area contributed by atoms with Crippen molar-refractivity contribution in [1.29, 1.82) is 0 Å². The minimum Gasteiger partial charge on any atom is -0.396 e. The summed E-state index contributed by atoms with van der Waals surface area (Å²) < 4.78 is 26.0. The van der Waals surface area contributed by atoms with Crippen LogP contribution in [0.25, 0.3) is 0 Å². The molecule has 0 amide bonds. The van der Waals surface area contributed by atoms with E-state index >= 15 is 0 Å². The molecule has 6 nitrogen and oxygen atoms in total. The van der Waals surface area contributed by atoms with Crippen molar-refractivity contribution in [3.63, 3.8) is 0 Å². The second-order valence-corrected chi connectivity index (χ2v) is 14.1. The fourth-order valence-corrected chi connectivity index (χ4v) is 6.42. The van der Waals surface area contributed by atoms with E-state index in [9.17, 15) is 28.2 Å². The molecule has 2 aliphatic rings. The van der Waals surface area contributed by atoms with Crippen LogP contribution in [0.3, 0.4) is 0 Å². The van der Waals surface area contributed by atoms with Crippen molar-refractivity contribution in [1.82, 2.24) is 0 Å². The van der Waals surface area contributed by atoms with Crippen molar-refractivity contribution < 1.29 is 28.2 Å². The minimum absolute atomic E-state index is 0.107. The molecule has 0 saturated heterocycles. The molecule has 2 N–H and O–H groups in total. The summed E-state index contributed by atoms with van der Waals surface area (Å²) in [5.41, 5.74) is -0.318. The fourth-order valence-electron chi connectivity index (χ4n) is 3.88. The first-order valence-electron chi connectivity index (χ1n) is 12.5. The molecule has 0 aliphatic carbocycles. The summed E-state index contributed by atoms with van der Waals surface area (Å²) in [6, 6.07) is 0. The van der Waals surface area contributed by atoms with E-state index in [2.05, 4.69) is 0 Å². The Bertz CT molecular complexity index is 958. The molecule has 0 aromatic carbocycles. The van der Waals surface area contributed by atoms with Crippen molar-refractivity contribution in [3.05, 3.63) is 56.1 Å². The van der Waals surface area contributed by atoms with Crippen LogP contribution in [0, 0.1) is 10.8 Å². The lowest BCUT2D eigenvalue weighted by molar-refractivity contribution is -0.111. The monoisotopic (exact) mass is 536 g/mol. The molecule has 0 spiro atoms. The molecule has 0 radical (unpaired) electrons. The predicted molar refractivity (Wildman–Crippen MR) is 146 cm³/mol. The molecule has 0 fully saturated rings. The minimum atomic E-state index is -1.49. The Morgan fingerprint density at radius 1 is 0.667 bits per heavy atom. The smallest absolute Gasteiger partial charge is 0.180 e. The molecular formula is C28H40O6S2. The summed E-state index contributed by atoms with van der Waals surface area (Å²) in [7, 11) is -2.99. The van der Waals surface area contributed by atoms with Crippen LogP contribution in [0.1, 0.15) is 79.1 Å². The third kappa shape index (κ3) is 9.61. The number of hydrogen-bond acceptors (Lipinski definition) is 6. The van der Waals surface area contributed by atoms with Gasteiger partial charge < -0.3 is 10.2 Å². The summed E-state index contributed by atoms with van der Waals surface area (Å²) in [5.74, 6) is -0.470. The van der Waals surface area contributed by atoms with Gasteiger partial charge in [0.2, 0.25) is 0 Å². The molecule has 0 saturated carbocycles. The van der Waals surface area contributed by atoms with Crippen LogP contribution in [0.2, 0.25) is 0 Å². The fraction of sp³-hybridized carbons (Fsp3) is 0.571. The average Bonchev–Trinajstić information content (AvgIpc) is 2.82. The summed E-state index contributed by atoms with van der Waals surface area (Å²) in [6.07, 6.45) is 14.5. The Balaban J connectivity index is 1.97. The van der Waals surface area contributed by atoms with Crippen molar-refractivity contribution in [2.24, 2.45) is 10.8 Å². The summed E-state index contributed by atoms with van der Waals surface area (Å²) in [6.45, 7) is 8.19. The van der Waals surface area contributed by atoms with Crippen molar-refractivity contribution in [2.75, 3.05) is 13.2 Å². The zero-order valence-corrected chi connectivity index (χ0v) is 23.5. The van der Waals surface area contributed by atoms with Crippen molar-refractivity contribution in [3.8, 4) is 0 Å². The van der Waals surface area contributed by atoms with Crippen molar-refractivity contribution >= 4 is 33.2 Å². The first-order valence-corrected chi connectivity index (χ1v) is 14.8. The van der Waals surface area contributed by atoms with Gasteiger partial charge in [0, 0.05) is 45.0 Å². The first-order chi connectivity index (χ1) is 16.9. The molecule has 0 bridgehead atoms. The third-order valence-electron chi connectivity index (χ3n) is 6.40. The molecule has 2 atom stereocenters. The number of hydrogen-bond donors (Lipinski definition) is 2. The van der Waals surface area contributed by atoms with Gasteiger partial charge in [-0.2, -0.15) is 0 Å². The lowest BCUT2D eigenvalue weighted by atomic mass is 9.88. The zero-order valence-electron chi connectivity index (χ0n) is 21.9. The molecule has 8 heteroatoms. The Morgan fingerprint density at radius 3 is 1.36 bits per heavy atom. The highest BCUT2D eigenvalue weighted by Gasteiger charge is 2.22. The number of unbranched alkanes of at least 4 members (excludes halogenated alkanes) is 2. The number of ketones is 2. The molecule has 0 aromatic heterocycles. The third-order valence-corrected chi connectivity index (χ3v) is 9.36. The van der Waals surface area contributed by atoms with Crippen LogP contribution in [0.5, 0.6) is 0 Å². The van der Waals surface area contributed by atoms with Crippen LogP contribution in [0.15, 0.2) is 56.1 Å². The Morgan fingerprint density at radius 2 is 1.03 bits per heavy atom. The maximum Gasteiger partial charge on any atom is 0.180 e. The van der Waals surface area contributed by atoms with Crippen LogP contribution in [0.4, 0.5) is 0 Å². The van der Waals surface area contributed by atoms with Gasteiger partial charge in [-0.05, 0) is 73.7 Å². The molecule has 2 unspecified atom stereocenters. The van der Waals surface area contributed by atoms with Crippen LogP contribution >= 0.6 is 0 Å². The van der Waals surface area contributed by atoms with Gasteiger partial charge in [-0.3, -0.25) is 9.59 Å². The van der Waals surface area contributed by atoms with Gasteiger partial charge >= 0.3 is 0 Å². The summed E-state index contributed by atoms with van der Waals surface area (Å²) in [4.78, 5) is 26.2. The van der Waals surface area contributed by atoms with Crippen molar-refractivity contribution in [2.45, 2.75) is 79.1 Å². The Labute approximate surface area is 220 Å². The highest BCUT2D eigenvalue weighted by Crippen LogP contribution is 2.29. The van der Waals surface area contributed by atoms with Crippen LogP contribution in [-0.4, -0.2) is 43.4 Å². The molecule has 2 rings (SSSR count). The molecule has 200 valence electrons. The number of rotatable bonds is 14. The number of aliphatic hydroxyl groups excluding tert-OH is 2. The van der Waals surface area contributed by atoms with E-state index in [1.807, 2.05) is 27.7 Å². The molecule has 36 heavy (non-hydrogen) atoms. The second kappa shape index (κ2) is 13.7. The highest BCUT2D eigenvalue weighted by atomic mass is 32.2. The van der Waals surface area contributed by atoms with Gasteiger partial charge in [-0.25, -0.2) is 8.42 Å². The molecular weight excluding hydrogens is 496 g/mol. The number of allylic oxidation sites excluding steroid dienone is 8. The average molecular weight is 537 g/mol. The largest absolute Gasteiger partial charge is 0.396 e. The van der Waals surface area contributed by atoms with Crippen LogP contribution in [-0.2, 0) is 31.2 Å². The maximum atomic E-state index is 13.0. The predicted octanol–water partition coefficient (Wildman–Crippen LogP) is 4.90. The first kappa shape index (κ1) is 30.5. The van der Waals surface area contributed by atoms with Crippen LogP contribution < -0.4 is 0 Å². The van der Waals surface area contributed by atoms with E-state index < -0.39 is 21.6 Å². The second-order valence-electron chi connectivity index (χ2n) is 11.0. The maximum absolute atomic E-state index is 13.0. The van der Waals surface area contributed by atoms with E-state index in [0.717, 1.165) is 38.5 Å². The normalized spacial score (nSPS) is 21.4. The molecule has 2 aliphatic heterocycles. The van der Waals surface area contributed by atoms with Gasteiger partial charge in [0.05, 0.1) is 21.6 Å². The zero-order chi connectivity index (χ0) is 26.9. The van der Waals surface area contributed by atoms with Gasteiger partial charge in [-0.15, -0.1) is 0 Å². The quantitative estimate of drug-likeness (QED) is 0.306. The summed E-state index contributed by atoms with van der Waals surface area (Å²) in [5, 5.41) is 18.8. The standard InChI is InChI=1S/C28H40O6S2/c1-27(2,19-29)13-7-5-9-23-15-21(31)17-25(35(23)33)11-12-26-18-22(32)16-24(36(26)34)10-6-8-14-28(3,4)20-30/h11-12,15-18,29-30H,5-10,13-14,19-20H2,1-4H3/b12-11-. The van der Waals surface area contributed by atoms with Gasteiger partial charge in [-0.1, -0.05) is 40.5 Å². The number of carbonyl (C=O) groups is 2. The highest BCUT2D eigenvalue weighted by molar-refractivity contribution is 7.93. The molecule has 2 heterocycles. The SMILES string of the molecule is CC(C)(CO)CCCCC1=CC(=O)C=C(/C=C\C2=CC(=O)C=C(CCCCC(C)(C)CO)S2=O)S1=O. The van der Waals surface area contributed by atoms with E-state index in [4.69, 9.17) is 0 Å². The number of aliphatic hydroxyl groups is 2. The van der Waals surface area contributed by atoms with E-state index in [-0.39, 0.29) is 35.6 Å². The van der Waals surface area contributed by atoms with E-state index in [1.165, 1.54) is 36.5 Å². The summed E-state index contributed by atoms with van der Waals surface area (Å²) >= 11 is 0. The lowest BCUT2D eigenvalue weighted by Crippen LogP contribution is -2.16. The van der Waals surface area contributed by atoms with E-state index in [1.54, 1.807) is 0 Å². The Kier molecular flexibility index (Phi) is 11.6. The van der Waals surface area contributed by atoms with Gasteiger partial charge in [0.1, 0.15) is 0 Å². The van der Waals surface area contributed by atoms with E-state index in [0.29, 0.717) is 32.5 Å². The topological polar surface area (TPSA) is 109 Å². The molecule has 0 aromatic rings. The number of carbonyl (C=O) groups excluding carboxylic acids is 2. The lowest BCUT2D eigenvalue weighted by Gasteiger charge is -2.21. The Hall–Kier alpha value is -1.74.